The van der Waals surface area contributed by atoms with Gasteiger partial charge in [-0.3, -0.25) is 14.4 Å². The number of nitrogens with two attached hydrogens (primary N) is 1. The first-order chi connectivity index (χ1) is 11.0. The van der Waals surface area contributed by atoms with Crippen LogP contribution < -0.4 is 11.1 Å². The molecule has 0 aliphatic heterocycles. The van der Waals surface area contributed by atoms with Crippen molar-refractivity contribution in [2.24, 2.45) is 5.73 Å². The SMILES string of the molecule is CCOC(=O)CSCC(=O)Nc1sc2c(c1C(N)=O)CCCC2. The van der Waals surface area contributed by atoms with Gasteiger partial charge in [-0.2, -0.15) is 0 Å². The van der Waals surface area contributed by atoms with Crippen LogP contribution in [0.5, 0.6) is 0 Å². The molecule has 23 heavy (non-hydrogen) atoms. The molecule has 1 aromatic rings. The van der Waals surface area contributed by atoms with Crippen LogP contribution in [0.2, 0.25) is 0 Å². The van der Waals surface area contributed by atoms with Crippen LogP contribution in [-0.2, 0) is 27.2 Å². The molecule has 8 heteroatoms. The number of esters is 1. The summed E-state index contributed by atoms with van der Waals surface area (Å²) >= 11 is 2.61. The maximum atomic E-state index is 12.0. The molecule has 1 aliphatic carbocycles. The normalized spacial score (nSPS) is 13.3. The van der Waals surface area contributed by atoms with Crippen LogP contribution in [0.1, 0.15) is 40.6 Å². The highest BCUT2D eigenvalue weighted by molar-refractivity contribution is 8.00. The number of ether oxygens (including phenoxy) is 1. The minimum Gasteiger partial charge on any atom is -0.465 e. The van der Waals surface area contributed by atoms with E-state index in [0.29, 0.717) is 17.2 Å². The molecule has 0 bridgehead atoms. The Labute approximate surface area is 143 Å². The number of hydrogen-bond donors (Lipinski definition) is 2. The highest BCUT2D eigenvalue weighted by atomic mass is 32.2. The van der Waals surface area contributed by atoms with Crippen LogP contribution in [0.3, 0.4) is 0 Å². The molecule has 2 rings (SSSR count). The number of carbonyl (C=O) groups excluding carboxylic acids is 3. The molecule has 1 aliphatic rings. The molecule has 0 atom stereocenters. The lowest BCUT2D eigenvalue weighted by Gasteiger charge is -2.11. The molecule has 0 aromatic carbocycles. The number of hydrogen-bond acceptors (Lipinski definition) is 6. The molecule has 2 amide bonds. The van der Waals surface area contributed by atoms with Crippen molar-refractivity contribution >= 4 is 45.9 Å². The van der Waals surface area contributed by atoms with Crippen molar-refractivity contribution < 1.29 is 19.1 Å². The number of nitrogens with one attached hydrogen (secondary N) is 1. The lowest BCUT2D eigenvalue weighted by atomic mass is 9.95. The standard InChI is InChI=1S/C15H20N2O4S2/c1-2-21-12(19)8-22-7-11(18)17-15-13(14(16)20)9-5-3-4-6-10(9)23-15/h2-8H2,1H3,(H2,16,20)(H,17,18). The van der Waals surface area contributed by atoms with Gasteiger partial charge in [0.2, 0.25) is 5.91 Å². The van der Waals surface area contributed by atoms with Crippen molar-refractivity contribution in [2.45, 2.75) is 32.6 Å². The van der Waals surface area contributed by atoms with E-state index in [0.717, 1.165) is 36.1 Å². The highest BCUT2D eigenvalue weighted by Crippen LogP contribution is 2.37. The highest BCUT2D eigenvalue weighted by Gasteiger charge is 2.24. The fourth-order valence-corrected chi connectivity index (χ4v) is 4.43. The smallest absolute Gasteiger partial charge is 0.315 e. The van der Waals surface area contributed by atoms with Gasteiger partial charge in [0.25, 0.3) is 5.91 Å². The summed E-state index contributed by atoms with van der Waals surface area (Å²) in [7, 11) is 0. The van der Waals surface area contributed by atoms with Crippen LogP contribution >= 0.6 is 23.1 Å². The third-order valence-electron chi connectivity index (χ3n) is 3.43. The second-order valence-electron chi connectivity index (χ2n) is 5.13. The van der Waals surface area contributed by atoms with Gasteiger partial charge in [0.15, 0.2) is 0 Å². The monoisotopic (exact) mass is 356 g/mol. The van der Waals surface area contributed by atoms with E-state index in [9.17, 15) is 14.4 Å². The average molecular weight is 356 g/mol. The minimum absolute atomic E-state index is 0.125. The van der Waals surface area contributed by atoms with Crippen LogP contribution in [0.4, 0.5) is 5.00 Å². The Bertz CT molecular complexity index is 613. The predicted octanol–water partition coefficient (Wildman–Crippen LogP) is 1.96. The molecule has 0 saturated carbocycles. The topological polar surface area (TPSA) is 98.5 Å². The zero-order chi connectivity index (χ0) is 16.8. The van der Waals surface area contributed by atoms with E-state index < -0.39 is 5.91 Å². The quantitative estimate of drug-likeness (QED) is 0.728. The Morgan fingerprint density at radius 1 is 1.26 bits per heavy atom. The van der Waals surface area contributed by atoms with Crippen molar-refractivity contribution in [3.63, 3.8) is 0 Å². The number of fused-ring (bicyclic) bond motifs is 1. The lowest BCUT2D eigenvalue weighted by molar-refractivity contribution is -0.139. The summed E-state index contributed by atoms with van der Waals surface area (Å²) in [5, 5.41) is 3.29. The molecule has 126 valence electrons. The molecule has 1 heterocycles. The van der Waals surface area contributed by atoms with Gasteiger partial charge in [0.1, 0.15) is 5.00 Å². The Kier molecular flexibility index (Phi) is 6.47. The molecule has 0 saturated heterocycles. The molecule has 0 spiro atoms. The number of primary amides is 1. The van der Waals surface area contributed by atoms with Gasteiger partial charge in [-0.15, -0.1) is 23.1 Å². The summed E-state index contributed by atoms with van der Waals surface area (Å²) < 4.78 is 4.80. The predicted molar refractivity (Wildman–Crippen MR) is 92.1 cm³/mol. The summed E-state index contributed by atoms with van der Waals surface area (Å²) in [5.74, 6) is -0.834. The van der Waals surface area contributed by atoms with Gasteiger partial charge >= 0.3 is 5.97 Å². The number of thioether (sulfide) groups is 1. The Morgan fingerprint density at radius 2 is 2.00 bits per heavy atom. The molecule has 0 unspecified atom stereocenters. The molecular weight excluding hydrogens is 336 g/mol. The summed E-state index contributed by atoms with van der Waals surface area (Å²) in [6.45, 7) is 2.06. The Morgan fingerprint density at radius 3 is 2.70 bits per heavy atom. The summed E-state index contributed by atoms with van der Waals surface area (Å²) in [6.07, 6.45) is 3.88. The van der Waals surface area contributed by atoms with Gasteiger partial charge in [0.05, 0.1) is 23.7 Å². The number of rotatable bonds is 7. The van der Waals surface area contributed by atoms with Crippen molar-refractivity contribution in [3.8, 4) is 0 Å². The number of anilines is 1. The van der Waals surface area contributed by atoms with Crippen molar-refractivity contribution in [2.75, 3.05) is 23.4 Å². The van der Waals surface area contributed by atoms with Crippen LogP contribution in [-0.4, -0.2) is 35.9 Å². The largest absolute Gasteiger partial charge is 0.465 e. The zero-order valence-electron chi connectivity index (χ0n) is 13.0. The summed E-state index contributed by atoms with van der Waals surface area (Å²) in [5.41, 5.74) is 6.92. The summed E-state index contributed by atoms with van der Waals surface area (Å²) in [4.78, 5) is 36.1. The van der Waals surface area contributed by atoms with Gasteiger partial charge < -0.3 is 15.8 Å². The molecule has 3 N–H and O–H groups in total. The van der Waals surface area contributed by atoms with Crippen molar-refractivity contribution in [1.82, 2.24) is 0 Å². The minimum atomic E-state index is -0.501. The average Bonchev–Trinajstić information content (AvgIpc) is 2.85. The van der Waals surface area contributed by atoms with E-state index in [2.05, 4.69) is 5.32 Å². The first-order valence-electron chi connectivity index (χ1n) is 7.50. The zero-order valence-corrected chi connectivity index (χ0v) is 14.6. The Hall–Kier alpha value is -1.54. The number of amides is 2. The van der Waals surface area contributed by atoms with E-state index in [1.54, 1.807) is 6.92 Å². The van der Waals surface area contributed by atoms with Crippen LogP contribution in [0.15, 0.2) is 0 Å². The third kappa shape index (κ3) is 4.71. The van der Waals surface area contributed by atoms with Crippen LogP contribution in [0, 0.1) is 0 Å². The second kappa shape index (κ2) is 8.35. The van der Waals surface area contributed by atoms with E-state index in [-0.39, 0.29) is 23.4 Å². The molecule has 6 nitrogen and oxygen atoms in total. The second-order valence-corrected chi connectivity index (χ2v) is 7.22. The van der Waals surface area contributed by atoms with E-state index in [1.807, 2.05) is 0 Å². The van der Waals surface area contributed by atoms with Gasteiger partial charge in [-0.05, 0) is 38.2 Å². The first kappa shape index (κ1) is 17.8. The fourth-order valence-electron chi connectivity index (χ4n) is 2.51. The third-order valence-corrected chi connectivity index (χ3v) is 5.54. The van der Waals surface area contributed by atoms with E-state index in [1.165, 1.54) is 23.1 Å². The van der Waals surface area contributed by atoms with Gasteiger partial charge in [0, 0.05) is 4.88 Å². The van der Waals surface area contributed by atoms with Gasteiger partial charge in [-0.25, -0.2) is 0 Å². The number of thiophene rings is 1. The maximum absolute atomic E-state index is 12.0. The molecule has 0 fully saturated rings. The summed E-state index contributed by atoms with van der Waals surface area (Å²) in [6, 6.07) is 0. The molecular formula is C15H20N2O4S2. The van der Waals surface area contributed by atoms with E-state index >= 15 is 0 Å². The van der Waals surface area contributed by atoms with Crippen LogP contribution in [0.25, 0.3) is 0 Å². The maximum Gasteiger partial charge on any atom is 0.315 e. The fraction of sp³-hybridized carbons (Fsp3) is 0.533. The molecule has 0 radical (unpaired) electrons. The van der Waals surface area contributed by atoms with E-state index in [4.69, 9.17) is 10.5 Å². The number of aryl methyl sites for hydroxylation is 1. The van der Waals surface area contributed by atoms with Gasteiger partial charge in [-0.1, -0.05) is 0 Å². The Balaban J connectivity index is 1.97. The lowest BCUT2D eigenvalue weighted by Crippen LogP contribution is -2.20. The number of carbonyl (C=O) groups is 3. The van der Waals surface area contributed by atoms with Crippen molar-refractivity contribution in [3.05, 3.63) is 16.0 Å². The van der Waals surface area contributed by atoms with Crippen molar-refractivity contribution in [1.29, 1.82) is 0 Å². The molecule has 1 aromatic heterocycles. The first-order valence-corrected chi connectivity index (χ1v) is 9.47.